The number of aromatic nitrogens is 1. The third kappa shape index (κ3) is 3.74. The number of hydrogen-bond donors (Lipinski definition) is 1. The number of carbonyl (C=O) groups excluding carboxylic acids is 2. The first-order valence-corrected chi connectivity index (χ1v) is 8.96. The van der Waals surface area contributed by atoms with Gasteiger partial charge in [-0.05, 0) is 25.0 Å². The summed E-state index contributed by atoms with van der Waals surface area (Å²) in [5.74, 6) is 1.78. The first-order chi connectivity index (χ1) is 13.5. The third-order valence-corrected chi connectivity index (χ3v) is 4.85. The van der Waals surface area contributed by atoms with Crippen molar-refractivity contribution in [2.24, 2.45) is 0 Å². The van der Waals surface area contributed by atoms with Crippen LogP contribution in [0.25, 0.3) is 5.57 Å². The van der Waals surface area contributed by atoms with Gasteiger partial charge in [0.25, 0.3) is 5.91 Å². The van der Waals surface area contributed by atoms with Gasteiger partial charge in [-0.15, -0.1) is 0 Å². The molecule has 1 aromatic carbocycles. The lowest BCUT2D eigenvalue weighted by atomic mass is 9.97. The highest BCUT2D eigenvalue weighted by atomic mass is 16.5. The molecule has 1 amide bonds. The van der Waals surface area contributed by atoms with Crippen LogP contribution in [-0.2, 0) is 0 Å². The van der Waals surface area contributed by atoms with Crippen molar-refractivity contribution in [3.8, 4) is 17.2 Å². The average Bonchev–Trinajstić information content (AvgIpc) is 3.23. The van der Waals surface area contributed by atoms with E-state index in [2.05, 4.69) is 4.98 Å². The molecule has 0 saturated carbocycles. The Balaban J connectivity index is 1.83. The van der Waals surface area contributed by atoms with Crippen molar-refractivity contribution in [3.63, 3.8) is 0 Å². The standard InChI is InChI=1S/C21H24N2O5/c1-13(24)15-9-17(22-12-15)21(25)23-7-5-14(6-8-23)20-18(27-3)10-16(26-2)11-19(20)28-4/h5,9-12,22H,6-8H2,1-4H3. The second kappa shape index (κ2) is 8.21. The van der Waals surface area contributed by atoms with E-state index >= 15 is 0 Å². The number of ketones is 1. The minimum absolute atomic E-state index is 0.0742. The number of benzene rings is 1. The number of carbonyl (C=O) groups is 2. The van der Waals surface area contributed by atoms with Crippen molar-refractivity contribution in [1.82, 2.24) is 9.88 Å². The number of Topliss-reactive ketones (excluding diaryl/α,β-unsaturated/α-hetero) is 1. The molecule has 0 bridgehead atoms. The summed E-state index contributed by atoms with van der Waals surface area (Å²) in [7, 11) is 4.80. The van der Waals surface area contributed by atoms with E-state index in [9.17, 15) is 9.59 Å². The van der Waals surface area contributed by atoms with Crippen molar-refractivity contribution >= 4 is 17.3 Å². The molecular weight excluding hydrogens is 360 g/mol. The molecule has 0 unspecified atom stereocenters. The maximum Gasteiger partial charge on any atom is 0.270 e. The van der Waals surface area contributed by atoms with Gasteiger partial charge in [0.2, 0.25) is 0 Å². The van der Waals surface area contributed by atoms with Crippen LogP contribution in [0.2, 0.25) is 0 Å². The van der Waals surface area contributed by atoms with Crippen LogP contribution in [0.4, 0.5) is 0 Å². The van der Waals surface area contributed by atoms with Crippen molar-refractivity contribution < 1.29 is 23.8 Å². The fraction of sp³-hybridized carbons (Fsp3) is 0.333. The second-order valence-electron chi connectivity index (χ2n) is 6.50. The van der Waals surface area contributed by atoms with Crippen LogP contribution in [-0.4, -0.2) is 56.0 Å². The van der Waals surface area contributed by atoms with Crippen molar-refractivity contribution in [3.05, 3.63) is 47.3 Å². The van der Waals surface area contributed by atoms with E-state index in [4.69, 9.17) is 14.2 Å². The molecule has 0 radical (unpaired) electrons. The Morgan fingerprint density at radius 3 is 2.18 bits per heavy atom. The third-order valence-electron chi connectivity index (χ3n) is 4.85. The minimum Gasteiger partial charge on any atom is -0.496 e. The molecule has 1 aliphatic heterocycles. The average molecular weight is 384 g/mol. The summed E-state index contributed by atoms with van der Waals surface area (Å²) in [6.07, 6.45) is 4.22. The maximum atomic E-state index is 12.7. The Labute approximate surface area is 163 Å². The lowest BCUT2D eigenvalue weighted by molar-refractivity contribution is 0.0767. The molecule has 2 heterocycles. The lowest BCUT2D eigenvalue weighted by Crippen LogP contribution is -2.34. The minimum atomic E-state index is -0.128. The first-order valence-electron chi connectivity index (χ1n) is 8.96. The zero-order chi connectivity index (χ0) is 20.3. The van der Waals surface area contributed by atoms with Gasteiger partial charge < -0.3 is 24.1 Å². The molecule has 0 atom stereocenters. The Bertz CT molecular complexity index is 904. The number of ether oxygens (including phenoxy) is 3. The molecule has 1 aliphatic rings. The molecule has 0 fully saturated rings. The van der Waals surface area contributed by atoms with E-state index in [-0.39, 0.29) is 11.7 Å². The quantitative estimate of drug-likeness (QED) is 0.774. The Hall–Kier alpha value is -3.22. The number of rotatable bonds is 6. The summed E-state index contributed by atoms with van der Waals surface area (Å²) in [6.45, 7) is 2.49. The number of aromatic amines is 1. The fourth-order valence-corrected chi connectivity index (χ4v) is 3.29. The fourth-order valence-electron chi connectivity index (χ4n) is 3.29. The van der Waals surface area contributed by atoms with E-state index in [0.717, 1.165) is 11.1 Å². The predicted molar refractivity (Wildman–Crippen MR) is 105 cm³/mol. The van der Waals surface area contributed by atoms with E-state index in [0.29, 0.717) is 48.0 Å². The highest BCUT2D eigenvalue weighted by molar-refractivity contribution is 5.99. The Morgan fingerprint density at radius 1 is 1.04 bits per heavy atom. The van der Waals surface area contributed by atoms with Gasteiger partial charge in [-0.1, -0.05) is 6.08 Å². The van der Waals surface area contributed by atoms with Crippen LogP contribution in [0.5, 0.6) is 17.2 Å². The van der Waals surface area contributed by atoms with E-state index in [1.54, 1.807) is 38.5 Å². The molecule has 0 aliphatic carbocycles. The molecule has 0 spiro atoms. The Kier molecular flexibility index (Phi) is 5.73. The van der Waals surface area contributed by atoms with Crippen LogP contribution in [0.1, 0.15) is 39.8 Å². The van der Waals surface area contributed by atoms with Crippen LogP contribution >= 0.6 is 0 Å². The zero-order valence-electron chi connectivity index (χ0n) is 16.5. The predicted octanol–water partition coefficient (Wildman–Crippen LogP) is 3.17. The molecule has 0 saturated heterocycles. The number of methoxy groups -OCH3 is 3. The molecular formula is C21H24N2O5. The normalized spacial score (nSPS) is 13.7. The lowest BCUT2D eigenvalue weighted by Gasteiger charge is -2.27. The number of H-pyrrole nitrogens is 1. The van der Waals surface area contributed by atoms with Crippen LogP contribution in [0, 0.1) is 0 Å². The van der Waals surface area contributed by atoms with Gasteiger partial charge in [-0.2, -0.15) is 0 Å². The van der Waals surface area contributed by atoms with Gasteiger partial charge in [0, 0.05) is 37.0 Å². The number of amides is 1. The molecule has 28 heavy (non-hydrogen) atoms. The topological polar surface area (TPSA) is 80.9 Å². The summed E-state index contributed by atoms with van der Waals surface area (Å²) in [4.78, 5) is 28.8. The van der Waals surface area contributed by atoms with Gasteiger partial charge in [-0.3, -0.25) is 9.59 Å². The van der Waals surface area contributed by atoms with Gasteiger partial charge in [-0.25, -0.2) is 0 Å². The van der Waals surface area contributed by atoms with Gasteiger partial charge in [0.15, 0.2) is 5.78 Å². The van der Waals surface area contributed by atoms with Crippen LogP contribution in [0.3, 0.4) is 0 Å². The smallest absolute Gasteiger partial charge is 0.270 e. The van der Waals surface area contributed by atoms with Crippen LogP contribution < -0.4 is 14.2 Å². The summed E-state index contributed by atoms with van der Waals surface area (Å²) in [5, 5.41) is 0. The molecule has 1 N–H and O–H groups in total. The largest absolute Gasteiger partial charge is 0.496 e. The van der Waals surface area contributed by atoms with Crippen molar-refractivity contribution in [2.45, 2.75) is 13.3 Å². The highest BCUT2D eigenvalue weighted by Crippen LogP contribution is 2.40. The zero-order valence-corrected chi connectivity index (χ0v) is 16.5. The monoisotopic (exact) mass is 384 g/mol. The molecule has 2 aromatic rings. The van der Waals surface area contributed by atoms with Crippen LogP contribution in [0.15, 0.2) is 30.5 Å². The molecule has 7 nitrogen and oxygen atoms in total. The molecule has 7 heteroatoms. The molecule has 1 aromatic heterocycles. The highest BCUT2D eigenvalue weighted by Gasteiger charge is 2.24. The first kappa shape index (κ1) is 19.5. The summed E-state index contributed by atoms with van der Waals surface area (Å²) < 4.78 is 16.4. The number of hydrogen-bond acceptors (Lipinski definition) is 5. The number of nitrogens with one attached hydrogen (secondary N) is 1. The molecule has 148 valence electrons. The summed E-state index contributed by atoms with van der Waals surface area (Å²) in [6, 6.07) is 5.23. The summed E-state index contributed by atoms with van der Waals surface area (Å²) in [5.41, 5.74) is 2.85. The van der Waals surface area contributed by atoms with E-state index < -0.39 is 0 Å². The SMILES string of the molecule is COc1cc(OC)c(C2=CCN(C(=O)c3cc(C(C)=O)c[nH]3)CC2)c(OC)c1. The van der Waals surface area contributed by atoms with Crippen molar-refractivity contribution in [2.75, 3.05) is 34.4 Å². The van der Waals surface area contributed by atoms with E-state index in [1.165, 1.54) is 6.92 Å². The summed E-state index contributed by atoms with van der Waals surface area (Å²) >= 11 is 0. The van der Waals surface area contributed by atoms with Gasteiger partial charge in [0.05, 0.1) is 26.9 Å². The van der Waals surface area contributed by atoms with Gasteiger partial charge >= 0.3 is 0 Å². The molecule has 3 rings (SSSR count). The number of nitrogens with zero attached hydrogens (tertiary/aromatic N) is 1. The van der Waals surface area contributed by atoms with Crippen molar-refractivity contribution in [1.29, 1.82) is 0 Å². The van der Waals surface area contributed by atoms with Gasteiger partial charge in [0.1, 0.15) is 22.9 Å². The maximum absolute atomic E-state index is 12.7. The van der Waals surface area contributed by atoms with E-state index in [1.807, 2.05) is 18.2 Å². The Morgan fingerprint density at radius 2 is 1.71 bits per heavy atom. The second-order valence-corrected chi connectivity index (χ2v) is 6.50.